The van der Waals surface area contributed by atoms with Crippen molar-refractivity contribution in [2.45, 2.75) is 75.1 Å². The van der Waals surface area contributed by atoms with Crippen LogP contribution in [0.1, 0.15) is 73.4 Å². The predicted octanol–water partition coefficient (Wildman–Crippen LogP) is 5.89. The molecule has 2 aromatic rings. The smallest absolute Gasteiger partial charge is 0.331 e. The number of nitrogens with one attached hydrogen (secondary N) is 1. The average Bonchev–Trinajstić information content (AvgIpc) is 3.17. The number of hydrogen-bond donors (Lipinski definition) is 1. The lowest BCUT2D eigenvalue weighted by molar-refractivity contribution is -0.149. The van der Waals surface area contributed by atoms with Crippen molar-refractivity contribution in [3.63, 3.8) is 0 Å². The van der Waals surface area contributed by atoms with E-state index >= 15 is 0 Å². The summed E-state index contributed by atoms with van der Waals surface area (Å²) < 4.78 is 34.2. The number of methoxy groups -OCH3 is 1. The second kappa shape index (κ2) is 13.6. The monoisotopic (exact) mass is 668 g/mol. The molecule has 2 aromatic carbocycles. The number of rotatable bonds is 4. The van der Waals surface area contributed by atoms with Gasteiger partial charge in [-0.15, -0.1) is 0 Å². The molecule has 1 N–H and O–H groups in total. The SMILES string of the molecule is C=S1(=O)NC(=O)c2ccc3c(c2)N(C[C@@H]2CC[C@H]2[C@@H](OCC(=O)OC)/C=C/CC[C@H]1CC)C[C@@]1(CCCc2cc(Cl)ccc21)CO3. The van der Waals surface area contributed by atoms with E-state index in [4.69, 9.17) is 25.8 Å². The van der Waals surface area contributed by atoms with Crippen LogP contribution in [-0.2, 0) is 35.8 Å². The van der Waals surface area contributed by atoms with Gasteiger partial charge in [0.2, 0.25) is 0 Å². The molecule has 6 atom stereocenters. The van der Waals surface area contributed by atoms with Crippen LogP contribution < -0.4 is 14.4 Å². The van der Waals surface area contributed by atoms with Crippen molar-refractivity contribution in [1.29, 1.82) is 0 Å². The lowest BCUT2D eigenvalue weighted by Crippen LogP contribution is -2.49. The zero-order valence-electron chi connectivity index (χ0n) is 26.8. The number of anilines is 1. The molecule has 0 radical (unpaired) electrons. The molecule has 248 valence electrons. The molecule has 1 fully saturated rings. The van der Waals surface area contributed by atoms with Gasteiger partial charge >= 0.3 is 5.97 Å². The topological polar surface area (TPSA) is 94.2 Å². The van der Waals surface area contributed by atoms with Crippen molar-refractivity contribution in [2.24, 2.45) is 11.8 Å². The maximum atomic E-state index is 13.8. The molecular weight excluding hydrogens is 624 g/mol. The van der Waals surface area contributed by atoms with Gasteiger partial charge in [-0.05, 0) is 111 Å². The van der Waals surface area contributed by atoms with Crippen LogP contribution in [0, 0.1) is 11.8 Å². The number of allylic oxidation sites excluding steroid dienone is 1. The normalized spacial score (nSPS) is 31.7. The third-order valence-electron chi connectivity index (χ3n) is 10.5. The van der Waals surface area contributed by atoms with Gasteiger partial charge in [0, 0.05) is 34.3 Å². The molecule has 2 aliphatic heterocycles. The van der Waals surface area contributed by atoms with E-state index in [1.54, 1.807) is 6.07 Å². The number of halogens is 1. The van der Waals surface area contributed by atoms with Gasteiger partial charge in [0.25, 0.3) is 5.91 Å². The Morgan fingerprint density at radius 3 is 2.83 bits per heavy atom. The summed E-state index contributed by atoms with van der Waals surface area (Å²) in [5.41, 5.74) is 3.57. The number of ether oxygens (including phenoxy) is 3. The molecule has 46 heavy (non-hydrogen) atoms. The Bertz CT molecular complexity index is 1610. The maximum absolute atomic E-state index is 13.8. The number of esters is 1. The highest BCUT2D eigenvalue weighted by molar-refractivity contribution is 7.99. The highest BCUT2D eigenvalue weighted by Gasteiger charge is 2.44. The maximum Gasteiger partial charge on any atom is 0.331 e. The molecular formula is C36H45ClN2O6S. The van der Waals surface area contributed by atoms with Gasteiger partial charge in [0.1, 0.15) is 12.4 Å². The number of carbonyl (C=O) groups excluding carboxylic acids is 2. The minimum atomic E-state index is -2.93. The number of amides is 1. The third-order valence-corrected chi connectivity index (χ3v) is 12.9. The summed E-state index contributed by atoms with van der Waals surface area (Å²) in [6.45, 7) is 3.83. The van der Waals surface area contributed by atoms with E-state index in [-0.39, 0.29) is 29.3 Å². The quantitative estimate of drug-likeness (QED) is 0.247. The number of fused-ring (bicyclic) bond motifs is 4. The van der Waals surface area contributed by atoms with Crippen molar-refractivity contribution in [3.8, 4) is 5.75 Å². The van der Waals surface area contributed by atoms with Gasteiger partial charge in [-0.25, -0.2) is 9.00 Å². The first-order chi connectivity index (χ1) is 22.1. The first kappa shape index (κ1) is 32.9. The Morgan fingerprint density at radius 2 is 2.07 bits per heavy atom. The minimum Gasteiger partial charge on any atom is -0.490 e. The van der Waals surface area contributed by atoms with E-state index in [2.05, 4.69) is 39.8 Å². The van der Waals surface area contributed by atoms with Crippen molar-refractivity contribution < 1.29 is 28.0 Å². The van der Waals surface area contributed by atoms with Crippen LogP contribution in [0.5, 0.6) is 5.75 Å². The highest BCUT2D eigenvalue weighted by atomic mass is 35.5. The lowest BCUT2D eigenvalue weighted by Gasteiger charge is -2.46. The molecule has 2 bridgehead atoms. The standard InChI is InChI=1S/C36H45ClN2O6S/c1-4-28-9-5-6-10-32(44-21-34(40)43-2)29-14-11-26(29)20-39-22-36(17-7-8-24-18-27(37)13-15-30(24)36)23-45-33-16-12-25(19-31(33)39)35(41)38-46(28,3)42/h6,10,12-13,15-16,18-19,26,28-29,32H,3-5,7-9,11,14,17,20-23H2,1-2H3,(H,38,41,42)/b10-6+/t26-,28+,29+,32-,36-,46?/m0/s1. The Morgan fingerprint density at radius 1 is 1.22 bits per heavy atom. The third kappa shape index (κ3) is 6.69. The van der Waals surface area contributed by atoms with E-state index in [1.165, 1.54) is 18.2 Å². The average molecular weight is 669 g/mol. The van der Waals surface area contributed by atoms with Gasteiger partial charge in [-0.1, -0.05) is 36.7 Å². The predicted molar refractivity (Wildman–Crippen MR) is 183 cm³/mol. The number of benzene rings is 2. The Labute approximate surface area is 277 Å². The first-order valence-corrected chi connectivity index (χ1v) is 18.6. The number of aryl methyl sites for hydroxylation is 1. The van der Waals surface area contributed by atoms with E-state index in [1.807, 2.05) is 25.1 Å². The van der Waals surface area contributed by atoms with E-state index in [0.29, 0.717) is 37.4 Å². The molecule has 8 nitrogen and oxygen atoms in total. The fourth-order valence-electron chi connectivity index (χ4n) is 7.81. The summed E-state index contributed by atoms with van der Waals surface area (Å²) in [6.07, 6.45) is 10.7. The molecule has 2 heterocycles. The van der Waals surface area contributed by atoms with Gasteiger partial charge < -0.3 is 19.1 Å². The molecule has 4 aliphatic rings. The van der Waals surface area contributed by atoms with E-state index in [0.717, 1.165) is 61.7 Å². The van der Waals surface area contributed by atoms with Crippen molar-refractivity contribution in [1.82, 2.24) is 4.72 Å². The Kier molecular flexibility index (Phi) is 9.74. The van der Waals surface area contributed by atoms with Crippen LogP contribution in [0.2, 0.25) is 5.02 Å². The minimum absolute atomic E-state index is 0.114. The van der Waals surface area contributed by atoms with E-state index < -0.39 is 21.6 Å². The summed E-state index contributed by atoms with van der Waals surface area (Å²) in [6, 6.07) is 11.7. The molecule has 1 saturated carbocycles. The highest BCUT2D eigenvalue weighted by Crippen LogP contribution is 2.47. The number of hydrogen-bond acceptors (Lipinski definition) is 7. The summed E-state index contributed by atoms with van der Waals surface area (Å²) in [5.74, 6) is 4.44. The van der Waals surface area contributed by atoms with Crippen molar-refractivity contribution in [2.75, 3.05) is 38.3 Å². The van der Waals surface area contributed by atoms with Crippen LogP contribution in [0.25, 0.3) is 0 Å². The second-order valence-corrected chi connectivity index (χ2v) is 16.1. The van der Waals surface area contributed by atoms with E-state index in [9.17, 15) is 13.8 Å². The van der Waals surface area contributed by atoms with Crippen LogP contribution >= 0.6 is 11.6 Å². The van der Waals surface area contributed by atoms with Gasteiger partial charge in [0.05, 0.1) is 35.2 Å². The van der Waals surface area contributed by atoms with Gasteiger partial charge in [-0.2, -0.15) is 0 Å². The summed E-state index contributed by atoms with van der Waals surface area (Å²) in [4.78, 5) is 28.1. The fraction of sp³-hybridized carbons (Fsp3) is 0.528. The first-order valence-electron chi connectivity index (χ1n) is 16.5. The van der Waals surface area contributed by atoms with Gasteiger partial charge in [-0.3, -0.25) is 9.52 Å². The van der Waals surface area contributed by atoms with Crippen LogP contribution in [-0.4, -0.2) is 66.7 Å². The molecule has 6 rings (SSSR count). The lowest BCUT2D eigenvalue weighted by atomic mass is 9.68. The summed E-state index contributed by atoms with van der Waals surface area (Å²) in [7, 11) is -1.56. The molecule has 0 aromatic heterocycles. The zero-order chi connectivity index (χ0) is 32.5. The van der Waals surface area contributed by atoms with Crippen molar-refractivity contribution in [3.05, 3.63) is 70.3 Å². The van der Waals surface area contributed by atoms with Gasteiger partial charge in [0.15, 0.2) is 0 Å². The number of carbonyl (C=O) groups is 2. The number of nitrogens with zero attached hydrogens (tertiary/aromatic N) is 1. The molecule has 0 saturated heterocycles. The summed E-state index contributed by atoms with van der Waals surface area (Å²) >= 11 is 6.43. The second-order valence-electron chi connectivity index (χ2n) is 13.3. The molecule has 1 spiro atoms. The van der Waals surface area contributed by atoms with Crippen LogP contribution in [0.3, 0.4) is 0 Å². The Hall–Kier alpha value is -3.01. The summed E-state index contributed by atoms with van der Waals surface area (Å²) in [5, 5.41) is 0.449. The fourth-order valence-corrected chi connectivity index (χ4v) is 9.66. The van der Waals surface area contributed by atoms with Crippen LogP contribution in [0.15, 0.2) is 48.6 Å². The Balaban J connectivity index is 1.41. The molecule has 1 amide bonds. The van der Waals surface area contributed by atoms with Crippen LogP contribution in [0.4, 0.5) is 5.69 Å². The molecule has 10 heteroatoms. The van der Waals surface area contributed by atoms with Crippen molar-refractivity contribution >= 4 is 44.7 Å². The molecule has 2 aliphatic carbocycles. The molecule has 1 unspecified atom stereocenters. The largest absolute Gasteiger partial charge is 0.490 e. The zero-order valence-corrected chi connectivity index (χ0v) is 28.4.